The Morgan fingerprint density at radius 3 is 2.48 bits per heavy atom. The van der Waals surface area contributed by atoms with Gasteiger partial charge in [0, 0.05) is 23.8 Å². The summed E-state index contributed by atoms with van der Waals surface area (Å²) in [5.41, 5.74) is 0.828. The molecule has 1 saturated heterocycles. The number of fused-ring (bicyclic) bond motifs is 1. The number of Topliss-reactive ketones (excluding diaryl/α,β-unsaturated/α-hetero) is 1. The van der Waals surface area contributed by atoms with Gasteiger partial charge in [-0.1, -0.05) is 48.0 Å². The van der Waals surface area contributed by atoms with Crippen molar-refractivity contribution in [3.63, 3.8) is 0 Å². The molecule has 150 valence electrons. The van der Waals surface area contributed by atoms with Crippen molar-refractivity contribution in [1.82, 2.24) is 4.90 Å². The molecule has 0 aromatic heterocycles. The van der Waals surface area contributed by atoms with Crippen molar-refractivity contribution in [1.29, 1.82) is 0 Å². The van der Waals surface area contributed by atoms with E-state index in [1.165, 1.54) is 4.90 Å². The number of carbonyl (C=O) groups excluding carboxylic acids is 2. The van der Waals surface area contributed by atoms with E-state index in [1.54, 1.807) is 31.2 Å². The van der Waals surface area contributed by atoms with Crippen LogP contribution in [0.1, 0.15) is 53.7 Å². The van der Waals surface area contributed by atoms with Crippen LogP contribution in [0, 0.1) is 18.8 Å². The Morgan fingerprint density at radius 1 is 1.10 bits per heavy atom. The fraction of sp³-hybridized carbons (Fsp3) is 0.375. The van der Waals surface area contributed by atoms with Gasteiger partial charge >= 0.3 is 5.97 Å². The van der Waals surface area contributed by atoms with Gasteiger partial charge in [-0.3, -0.25) is 9.59 Å². The largest absolute Gasteiger partial charge is 0.479 e. The molecule has 5 heteroatoms. The minimum Gasteiger partial charge on any atom is -0.479 e. The summed E-state index contributed by atoms with van der Waals surface area (Å²) in [6.07, 6.45) is 1.73. The minimum absolute atomic E-state index is 0.0589. The first-order valence-electron chi connectivity index (χ1n) is 10.1. The fourth-order valence-corrected chi connectivity index (χ4v) is 5.25. The Hall–Kier alpha value is -2.95. The lowest BCUT2D eigenvalue weighted by Gasteiger charge is -2.38. The third-order valence-electron chi connectivity index (χ3n) is 6.64. The Balaban J connectivity index is 1.94. The van der Waals surface area contributed by atoms with Crippen molar-refractivity contribution >= 4 is 17.7 Å². The summed E-state index contributed by atoms with van der Waals surface area (Å²) in [5, 5.41) is 10.3. The van der Waals surface area contributed by atoms with Crippen LogP contribution in [0.15, 0.2) is 54.6 Å². The first kappa shape index (κ1) is 19.4. The van der Waals surface area contributed by atoms with Gasteiger partial charge in [0.25, 0.3) is 5.91 Å². The molecular formula is C24H25NO4. The molecule has 2 aliphatic rings. The molecular weight excluding hydrogens is 366 g/mol. The van der Waals surface area contributed by atoms with E-state index in [0.717, 1.165) is 11.1 Å². The maximum atomic E-state index is 13.6. The Kier molecular flexibility index (Phi) is 4.77. The molecule has 4 rings (SSSR count). The topological polar surface area (TPSA) is 74.7 Å². The van der Waals surface area contributed by atoms with Gasteiger partial charge in [-0.15, -0.1) is 0 Å². The summed E-state index contributed by atoms with van der Waals surface area (Å²) in [4.78, 5) is 40.7. The number of nitrogens with zero attached hydrogens (tertiary/aromatic N) is 1. The number of benzene rings is 2. The van der Waals surface area contributed by atoms with E-state index in [9.17, 15) is 19.5 Å². The monoisotopic (exact) mass is 391 g/mol. The van der Waals surface area contributed by atoms with Crippen LogP contribution in [0.3, 0.4) is 0 Å². The number of likely N-dealkylation sites (tertiary alicyclic amines) is 1. The lowest BCUT2D eigenvalue weighted by Crippen LogP contribution is -2.55. The molecule has 29 heavy (non-hydrogen) atoms. The highest BCUT2D eigenvalue weighted by molar-refractivity contribution is 6.00. The molecule has 1 aliphatic carbocycles. The Labute approximate surface area is 170 Å². The molecule has 1 N–H and O–H groups in total. The van der Waals surface area contributed by atoms with E-state index in [2.05, 4.69) is 0 Å². The van der Waals surface area contributed by atoms with Gasteiger partial charge in [0.1, 0.15) is 11.3 Å². The number of amides is 1. The van der Waals surface area contributed by atoms with Gasteiger partial charge in [0.2, 0.25) is 0 Å². The summed E-state index contributed by atoms with van der Waals surface area (Å²) in [6.45, 7) is 3.57. The number of hydrogen-bond donors (Lipinski definition) is 1. The fourth-order valence-electron chi connectivity index (χ4n) is 5.25. The summed E-state index contributed by atoms with van der Waals surface area (Å²) < 4.78 is 0. The molecule has 0 bridgehead atoms. The predicted molar refractivity (Wildman–Crippen MR) is 108 cm³/mol. The lowest BCUT2D eigenvalue weighted by molar-refractivity contribution is -0.150. The van der Waals surface area contributed by atoms with Crippen molar-refractivity contribution in [3.05, 3.63) is 71.3 Å². The molecule has 4 unspecified atom stereocenters. The van der Waals surface area contributed by atoms with Crippen LogP contribution in [0.5, 0.6) is 0 Å². The van der Waals surface area contributed by atoms with Gasteiger partial charge in [-0.2, -0.15) is 0 Å². The number of hydrogen-bond acceptors (Lipinski definition) is 3. The zero-order valence-electron chi connectivity index (χ0n) is 16.7. The smallest absolute Gasteiger partial charge is 0.329 e. The highest BCUT2D eigenvalue weighted by atomic mass is 16.4. The molecule has 4 atom stereocenters. The van der Waals surface area contributed by atoms with E-state index >= 15 is 0 Å². The van der Waals surface area contributed by atoms with Gasteiger partial charge < -0.3 is 10.0 Å². The van der Waals surface area contributed by atoms with Gasteiger partial charge in [0.05, 0.1) is 6.04 Å². The summed E-state index contributed by atoms with van der Waals surface area (Å²) in [7, 11) is 0. The van der Waals surface area contributed by atoms with E-state index < -0.39 is 29.4 Å². The molecule has 2 aromatic rings. The van der Waals surface area contributed by atoms with Gasteiger partial charge in [-0.05, 0) is 44.4 Å². The molecule has 1 aliphatic heterocycles. The van der Waals surface area contributed by atoms with Crippen LogP contribution in [0.4, 0.5) is 0 Å². The van der Waals surface area contributed by atoms with Crippen LogP contribution in [-0.4, -0.2) is 33.2 Å². The number of carboxylic acid groups (broad SMARTS) is 1. The van der Waals surface area contributed by atoms with Gasteiger partial charge in [-0.25, -0.2) is 4.79 Å². The normalized spacial score (nSPS) is 28.8. The zero-order chi connectivity index (χ0) is 20.8. The number of rotatable bonds is 3. The second kappa shape index (κ2) is 7.14. The van der Waals surface area contributed by atoms with Crippen LogP contribution < -0.4 is 0 Å². The molecule has 1 amide bonds. The summed E-state index contributed by atoms with van der Waals surface area (Å²) >= 11 is 0. The first-order valence-corrected chi connectivity index (χ1v) is 10.1. The zero-order valence-corrected chi connectivity index (χ0v) is 16.7. The number of aliphatic carboxylic acids is 1. The molecule has 0 spiro atoms. The lowest BCUT2D eigenvalue weighted by atomic mass is 9.70. The second-order valence-corrected chi connectivity index (χ2v) is 8.34. The third kappa shape index (κ3) is 2.96. The Morgan fingerprint density at radius 2 is 1.83 bits per heavy atom. The quantitative estimate of drug-likeness (QED) is 0.857. The van der Waals surface area contributed by atoms with Crippen LogP contribution in [0.25, 0.3) is 0 Å². The van der Waals surface area contributed by atoms with Crippen molar-refractivity contribution in [2.24, 2.45) is 11.8 Å². The number of carboxylic acids is 1. The van der Waals surface area contributed by atoms with E-state index in [4.69, 9.17) is 0 Å². The molecule has 1 heterocycles. The average molecular weight is 391 g/mol. The molecule has 2 fully saturated rings. The standard InChI is InChI=1S/C24H25NO4/c1-15-8-6-11-17(14-15)21-20-18(12-7-13-19(20)26)24(2,23(28)29)25(21)22(27)16-9-4-3-5-10-16/h3-6,8-11,14,18,20-21H,7,12-13H2,1-2H3,(H,28,29). The molecule has 0 radical (unpaired) electrons. The van der Waals surface area contributed by atoms with Crippen LogP contribution >= 0.6 is 0 Å². The van der Waals surface area contributed by atoms with E-state index in [-0.39, 0.29) is 11.7 Å². The first-order chi connectivity index (χ1) is 13.9. The van der Waals surface area contributed by atoms with Crippen molar-refractivity contribution in [2.75, 3.05) is 0 Å². The average Bonchev–Trinajstić information content (AvgIpc) is 2.99. The second-order valence-electron chi connectivity index (χ2n) is 8.34. The highest BCUT2D eigenvalue weighted by Crippen LogP contribution is 2.55. The SMILES string of the molecule is Cc1cccc(C2C3C(=O)CCCC3C(C)(C(=O)O)N2C(=O)c2ccccc2)c1. The number of carbonyl (C=O) groups is 3. The van der Waals surface area contributed by atoms with Crippen molar-refractivity contribution in [2.45, 2.75) is 44.7 Å². The molecule has 5 nitrogen and oxygen atoms in total. The maximum absolute atomic E-state index is 13.6. The molecule has 2 aromatic carbocycles. The van der Waals surface area contributed by atoms with E-state index in [1.807, 2.05) is 37.3 Å². The minimum atomic E-state index is -1.44. The number of aryl methyl sites for hydroxylation is 1. The van der Waals surface area contributed by atoms with Crippen LogP contribution in [0.2, 0.25) is 0 Å². The van der Waals surface area contributed by atoms with Crippen molar-refractivity contribution < 1.29 is 19.5 Å². The van der Waals surface area contributed by atoms with Crippen LogP contribution in [-0.2, 0) is 9.59 Å². The highest BCUT2D eigenvalue weighted by Gasteiger charge is 2.64. The summed E-state index contributed by atoms with van der Waals surface area (Å²) in [5.74, 6) is -2.24. The number of ketones is 1. The molecule has 1 saturated carbocycles. The van der Waals surface area contributed by atoms with Gasteiger partial charge in [0.15, 0.2) is 0 Å². The van der Waals surface area contributed by atoms with Crippen molar-refractivity contribution in [3.8, 4) is 0 Å². The predicted octanol–water partition coefficient (Wildman–Crippen LogP) is 4.02. The Bertz CT molecular complexity index is 970. The maximum Gasteiger partial charge on any atom is 0.329 e. The van der Waals surface area contributed by atoms with E-state index in [0.29, 0.717) is 24.8 Å². The third-order valence-corrected chi connectivity index (χ3v) is 6.64. The summed E-state index contributed by atoms with van der Waals surface area (Å²) in [6, 6.07) is 15.9.